The molecule has 6 nitrogen and oxygen atoms in total. The summed E-state index contributed by atoms with van der Waals surface area (Å²) in [5.41, 5.74) is 2.45. The second-order valence-corrected chi connectivity index (χ2v) is 7.17. The first-order chi connectivity index (χ1) is 12.3. The van der Waals surface area contributed by atoms with Gasteiger partial charge >= 0.3 is 0 Å². The first-order valence-electron chi connectivity index (χ1n) is 8.41. The van der Waals surface area contributed by atoms with E-state index in [1.54, 1.807) is 18.2 Å². The van der Waals surface area contributed by atoms with Crippen molar-refractivity contribution < 1.29 is 19.1 Å². The van der Waals surface area contributed by atoms with E-state index in [1.165, 1.54) is 5.56 Å². The van der Waals surface area contributed by atoms with Gasteiger partial charge in [0.25, 0.3) is 0 Å². The van der Waals surface area contributed by atoms with Gasteiger partial charge in [0.1, 0.15) is 6.42 Å². The predicted octanol–water partition coefficient (Wildman–Crippen LogP) is 3.68. The number of ether oxygens (including phenoxy) is 2. The molecular weight excluding hydrogens is 332 g/mol. The van der Waals surface area contributed by atoms with E-state index < -0.39 is 5.91 Å². The molecule has 26 heavy (non-hydrogen) atoms. The van der Waals surface area contributed by atoms with Crippen molar-refractivity contribution in [3.63, 3.8) is 0 Å². The molecule has 0 radical (unpaired) electrons. The molecule has 1 aliphatic rings. The van der Waals surface area contributed by atoms with E-state index in [0.29, 0.717) is 22.9 Å². The number of rotatable bonds is 4. The molecule has 1 heterocycles. The van der Waals surface area contributed by atoms with Gasteiger partial charge in [-0.15, -0.1) is 0 Å². The minimum Gasteiger partial charge on any atom is -0.454 e. The van der Waals surface area contributed by atoms with Crippen LogP contribution in [0, 0.1) is 0 Å². The van der Waals surface area contributed by atoms with Crippen molar-refractivity contribution in [3.05, 3.63) is 48.0 Å². The summed E-state index contributed by atoms with van der Waals surface area (Å²) < 4.78 is 10.5. The molecule has 136 valence electrons. The molecular formula is C20H22N2O4. The summed E-state index contributed by atoms with van der Waals surface area (Å²) in [6.45, 7) is 6.55. The second kappa shape index (κ2) is 7.07. The standard InChI is InChI=1S/C20H22N2O4/c1-20(2,3)13-4-6-14(7-5-13)21-18(23)11-19(24)22-15-8-9-16-17(10-15)26-12-25-16/h4-10H,11-12H2,1-3H3,(H,21,23)(H,22,24). The molecule has 0 bridgehead atoms. The van der Waals surface area contributed by atoms with Crippen LogP contribution >= 0.6 is 0 Å². The minimum absolute atomic E-state index is 0.0487. The molecule has 0 unspecified atom stereocenters. The molecule has 3 rings (SSSR count). The van der Waals surface area contributed by atoms with E-state index in [2.05, 4.69) is 31.4 Å². The van der Waals surface area contributed by atoms with E-state index in [1.807, 2.05) is 24.3 Å². The summed E-state index contributed by atoms with van der Waals surface area (Å²) >= 11 is 0. The Morgan fingerprint density at radius 2 is 1.46 bits per heavy atom. The van der Waals surface area contributed by atoms with Gasteiger partial charge in [0.2, 0.25) is 18.6 Å². The highest BCUT2D eigenvalue weighted by atomic mass is 16.7. The molecule has 0 aliphatic carbocycles. The molecule has 2 amide bonds. The summed E-state index contributed by atoms with van der Waals surface area (Å²) in [5, 5.41) is 5.42. The van der Waals surface area contributed by atoms with Crippen LogP contribution < -0.4 is 20.1 Å². The van der Waals surface area contributed by atoms with Crippen molar-refractivity contribution in [2.45, 2.75) is 32.6 Å². The molecule has 0 atom stereocenters. The fraction of sp³-hybridized carbons (Fsp3) is 0.300. The Bertz CT molecular complexity index is 823. The quantitative estimate of drug-likeness (QED) is 0.821. The summed E-state index contributed by atoms with van der Waals surface area (Å²) in [5.74, 6) is 0.449. The Labute approximate surface area is 152 Å². The Kier molecular flexibility index (Phi) is 4.84. The van der Waals surface area contributed by atoms with Crippen molar-refractivity contribution in [1.82, 2.24) is 0 Å². The maximum Gasteiger partial charge on any atom is 0.233 e. The molecule has 0 spiro atoms. The minimum atomic E-state index is -0.396. The van der Waals surface area contributed by atoms with Crippen molar-refractivity contribution in [2.75, 3.05) is 17.4 Å². The van der Waals surface area contributed by atoms with E-state index >= 15 is 0 Å². The Hall–Kier alpha value is -3.02. The van der Waals surface area contributed by atoms with E-state index in [9.17, 15) is 9.59 Å². The van der Waals surface area contributed by atoms with Crippen molar-refractivity contribution in [2.24, 2.45) is 0 Å². The number of anilines is 2. The van der Waals surface area contributed by atoms with Crippen LogP contribution in [0.1, 0.15) is 32.8 Å². The lowest BCUT2D eigenvalue weighted by Gasteiger charge is -2.19. The molecule has 0 saturated heterocycles. The number of hydrogen-bond acceptors (Lipinski definition) is 4. The van der Waals surface area contributed by atoms with E-state index in [0.717, 1.165) is 0 Å². The van der Waals surface area contributed by atoms with Crippen molar-refractivity contribution in [3.8, 4) is 11.5 Å². The first-order valence-corrected chi connectivity index (χ1v) is 8.41. The Morgan fingerprint density at radius 3 is 2.12 bits per heavy atom. The predicted molar refractivity (Wildman–Crippen MR) is 99.6 cm³/mol. The zero-order valence-corrected chi connectivity index (χ0v) is 15.1. The normalized spacial score (nSPS) is 12.6. The lowest BCUT2D eigenvalue weighted by atomic mass is 9.87. The van der Waals surface area contributed by atoms with E-state index in [4.69, 9.17) is 9.47 Å². The highest BCUT2D eigenvalue weighted by Gasteiger charge is 2.16. The Balaban J connectivity index is 1.53. The monoisotopic (exact) mass is 354 g/mol. The number of fused-ring (bicyclic) bond motifs is 1. The number of hydrogen-bond donors (Lipinski definition) is 2. The fourth-order valence-electron chi connectivity index (χ4n) is 2.58. The number of carbonyl (C=O) groups is 2. The van der Waals surface area contributed by atoms with Gasteiger partial charge in [-0.25, -0.2) is 0 Å². The summed E-state index contributed by atoms with van der Waals surface area (Å²) in [6, 6.07) is 12.7. The molecule has 0 saturated carbocycles. The van der Waals surface area contributed by atoms with Crippen molar-refractivity contribution >= 4 is 23.2 Å². The van der Waals surface area contributed by atoms with Crippen LogP contribution in [0.25, 0.3) is 0 Å². The third kappa shape index (κ3) is 4.33. The van der Waals surface area contributed by atoms with Gasteiger partial charge in [0.05, 0.1) is 0 Å². The number of benzene rings is 2. The molecule has 6 heteroatoms. The third-order valence-corrected chi connectivity index (χ3v) is 4.01. The SMILES string of the molecule is CC(C)(C)c1ccc(NC(=O)CC(=O)Nc2ccc3c(c2)OCO3)cc1. The number of nitrogens with one attached hydrogen (secondary N) is 2. The van der Waals surface area contributed by atoms with Gasteiger partial charge in [0, 0.05) is 17.4 Å². The molecule has 0 fully saturated rings. The largest absolute Gasteiger partial charge is 0.454 e. The maximum absolute atomic E-state index is 12.1. The van der Waals surface area contributed by atoms with Gasteiger partial charge in [-0.1, -0.05) is 32.9 Å². The van der Waals surface area contributed by atoms with Gasteiger partial charge in [0.15, 0.2) is 11.5 Å². The van der Waals surface area contributed by atoms with Gasteiger partial charge < -0.3 is 20.1 Å². The highest BCUT2D eigenvalue weighted by molar-refractivity contribution is 6.08. The van der Waals surface area contributed by atoms with E-state index in [-0.39, 0.29) is 24.5 Å². The Morgan fingerprint density at radius 1 is 0.885 bits per heavy atom. The average Bonchev–Trinajstić information content (AvgIpc) is 3.01. The maximum atomic E-state index is 12.1. The van der Waals surface area contributed by atoms with Gasteiger partial charge in [-0.3, -0.25) is 9.59 Å². The average molecular weight is 354 g/mol. The van der Waals surface area contributed by atoms with Crippen LogP contribution in [-0.2, 0) is 15.0 Å². The van der Waals surface area contributed by atoms with Crippen molar-refractivity contribution in [1.29, 1.82) is 0 Å². The smallest absolute Gasteiger partial charge is 0.233 e. The van der Waals surface area contributed by atoms with Crippen LogP contribution in [0.3, 0.4) is 0 Å². The summed E-state index contributed by atoms with van der Waals surface area (Å²) in [6.07, 6.45) is -0.268. The second-order valence-electron chi connectivity index (χ2n) is 7.17. The van der Waals surface area contributed by atoms with Gasteiger partial charge in [-0.05, 0) is 35.2 Å². The highest BCUT2D eigenvalue weighted by Crippen LogP contribution is 2.34. The molecule has 2 aromatic carbocycles. The lowest BCUT2D eigenvalue weighted by Crippen LogP contribution is -2.21. The van der Waals surface area contributed by atoms with Crippen LogP contribution in [0.5, 0.6) is 11.5 Å². The summed E-state index contributed by atoms with van der Waals surface area (Å²) in [4.78, 5) is 24.1. The zero-order chi connectivity index (χ0) is 18.7. The number of amides is 2. The first kappa shape index (κ1) is 17.8. The fourth-order valence-corrected chi connectivity index (χ4v) is 2.58. The zero-order valence-electron chi connectivity index (χ0n) is 15.1. The summed E-state index contributed by atoms with van der Waals surface area (Å²) in [7, 11) is 0. The number of carbonyl (C=O) groups excluding carboxylic acids is 2. The third-order valence-electron chi connectivity index (χ3n) is 4.01. The molecule has 2 N–H and O–H groups in total. The molecule has 0 aromatic heterocycles. The topological polar surface area (TPSA) is 76.7 Å². The van der Waals surface area contributed by atoms with Crippen LogP contribution in [0.4, 0.5) is 11.4 Å². The van der Waals surface area contributed by atoms with Gasteiger partial charge in [-0.2, -0.15) is 0 Å². The van der Waals surface area contributed by atoms with Crippen LogP contribution in [0.2, 0.25) is 0 Å². The molecule has 1 aliphatic heterocycles. The molecule has 2 aromatic rings. The lowest BCUT2D eigenvalue weighted by molar-refractivity contribution is -0.123. The van der Waals surface area contributed by atoms with Crippen LogP contribution in [-0.4, -0.2) is 18.6 Å². The van der Waals surface area contributed by atoms with Crippen LogP contribution in [0.15, 0.2) is 42.5 Å².